The summed E-state index contributed by atoms with van der Waals surface area (Å²) in [7, 11) is 0. The lowest BCUT2D eigenvalue weighted by molar-refractivity contribution is -0.121. The van der Waals surface area contributed by atoms with Crippen LogP contribution in [0.4, 0.5) is 0 Å². The fraction of sp³-hybridized carbons (Fsp3) is 0.333. The van der Waals surface area contributed by atoms with E-state index in [9.17, 15) is 4.79 Å². The Morgan fingerprint density at radius 2 is 2.20 bits per heavy atom. The quantitative estimate of drug-likeness (QED) is 0.887. The minimum Gasteiger partial charge on any atom is -0.441 e. The average molecular weight is 293 g/mol. The standard InChI is InChI=1S/C15H17ClN2O2/c1-2-9-17-14(19)7-8-15-18-10-13(20-15)11-5-3-4-6-12(11)16/h3-6,10H,2,7-9H2,1H3,(H,17,19). The van der Waals surface area contributed by atoms with E-state index >= 15 is 0 Å². The molecule has 1 aromatic carbocycles. The van der Waals surface area contributed by atoms with Crippen LogP contribution in [0.1, 0.15) is 25.7 Å². The van der Waals surface area contributed by atoms with Crippen LogP contribution in [-0.4, -0.2) is 17.4 Å². The fourth-order valence-electron chi connectivity index (χ4n) is 1.78. The van der Waals surface area contributed by atoms with Gasteiger partial charge >= 0.3 is 0 Å². The number of hydrogen-bond donors (Lipinski definition) is 1. The van der Waals surface area contributed by atoms with Crippen LogP contribution in [0.2, 0.25) is 5.02 Å². The number of halogens is 1. The lowest BCUT2D eigenvalue weighted by Gasteiger charge is -2.01. The maximum absolute atomic E-state index is 11.5. The molecule has 1 aromatic heterocycles. The molecular weight excluding hydrogens is 276 g/mol. The zero-order valence-electron chi connectivity index (χ0n) is 11.4. The minimum atomic E-state index is 0.0179. The van der Waals surface area contributed by atoms with Gasteiger partial charge in [0.15, 0.2) is 11.7 Å². The first-order chi connectivity index (χ1) is 9.70. The molecular formula is C15H17ClN2O2. The summed E-state index contributed by atoms with van der Waals surface area (Å²) in [6.45, 7) is 2.72. The number of nitrogens with one attached hydrogen (secondary N) is 1. The second-order valence-electron chi connectivity index (χ2n) is 4.45. The topological polar surface area (TPSA) is 55.1 Å². The second kappa shape index (κ2) is 7.10. The predicted molar refractivity (Wildman–Crippen MR) is 78.6 cm³/mol. The van der Waals surface area contributed by atoms with Crippen LogP contribution in [0.25, 0.3) is 11.3 Å². The first-order valence-electron chi connectivity index (χ1n) is 6.67. The molecule has 1 amide bonds. The lowest BCUT2D eigenvalue weighted by Crippen LogP contribution is -2.24. The molecule has 20 heavy (non-hydrogen) atoms. The molecule has 0 aliphatic carbocycles. The van der Waals surface area contributed by atoms with Crippen molar-refractivity contribution < 1.29 is 9.21 Å². The number of carbonyl (C=O) groups excluding carboxylic acids is 1. The molecule has 2 aromatic rings. The Labute approximate surface area is 123 Å². The number of nitrogens with zero attached hydrogens (tertiary/aromatic N) is 1. The van der Waals surface area contributed by atoms with Crippen molar-refractivity contribution in [2.75, 3.05) is 6.54 Å². The van der Waals surface area contributed by atoms with Gasteiger partial charge in [0.05, 0.1) is 11.2 Å². The van der Waals surface area contributed by atoms with Crippen LogP contribution in [0.3, 0.4) is 0 Å². The summed E-state index contributed by atoms with van der Waals surface area (Å²) in [5.41, 5.74) is 0.809. The molecule has 1 N–H and O–H groups in total. The van der Waals surface area contributed by atoms with Crippen molar-refractivity contribution in [3.8, 4) is 11.3 Å². The van der Waals surface area contributed by atoms with Crippen LogP contribution >= 0.6 is 11.6 Å². The molecule has 0 unspecified atom stereocenters. The van der Waals surface area contributed by atoms with Crippen LogP contribution in [0, 0.1) is 0 Å². The smallest absolute Gasteiger partial charge is 0.220 e. The monoisotopic (exact) mass is 292 g/mol. The zero-order chi connectivity index (χ0) is 14.4. The third-order valence-corrected chi connectivity index (χ3v) is 3.16. The molecule has 0 fully saturated rings. The van der Waals surface area contributed by atoms with Crippen molar-refractivity contribution in [1.29, 1.82) is 0 Å². The van der Waals surface area contributed by atoms with Gasteiger partial charge in [-0.05, 0) is 18.6 Å². The van der Waals surface area contributed by atoms with Crippen LogP contribution < -0.4 is 5.32 Å². The van der Waals surface area contributed by atoms with Crippen LogP contribution in [0.15, 0.2) is 34.9 Å². The van der Waals surface area contributed by atoms with E-state index < -0.39 is 0 Å². The Balaban J connectivity index is 1.96. The lowest BCUT2D eigenvalue weighted by atomic mass is 10.2. The van der Waals surface area contributed by atoms with Gasteiger partial charge in [0.2, 0.25) is 5.91 Å². The maximum Gasteiger partial charge on any atom is 0.220 e. The van der Waals surface area contributed by atoms with Crippen LogP contribution in [0.5, 0.6) is 0 Å². The molecule has 0 saturated heterocycles. The molecule has 2 rings (SSSR count). The first-order valence-corrected chi connectivity index (χ1v) is 7.04. The zero-order valence-corrected chi connectivity index (χ0v) is 12.1. The Hall–Kier alpha value is -1.81. The number of aryl methyl sites for hydroxylation is 1. The van der Waals surface area contributed by atoms with Gasteiger partial charge in [0.25, 0.3) is 0 Å². The molecule has 5 heteroatoms. The van der Waals surface area contributed by atoms with Gasteiger partial charge in [-0.15, -0.1) is 0 Å². The number of aromatic nitrogens is 1. The number of rotatable bonds is 6. The van der Waals surface area contributed by atoms with E-state index in [-0.39, 0.29) is 5.91 Å². The highest BCUT2D eigenvalue weighted by atomic mass is 35.5. The highest BCUT2D eigenvalue weighted by Crippen LogP contribution is 2.28. The number of benzene rings is 1. The Kier molecular flexibility index (Phi) is 5.18. The third kappa shape index (κ3) is 3.84. The van der Waals surface area contributed by atoms with Crippen molar-refractivity contribution in [2.24, 2.45) is 0 Å². The van der Waals surface area contributed by atoms with Gasteiger partial charge in [0.1, 0.15) is 0 Å². The van der Waals surface area contributed by atoms with Gasteiger partial charge in [-0.2, -0.15) is 0 Å². The molecule has 0 bridgehead atoms. The average Bonchev–Trinajstić information content (AvgIpc) is 2.92. The first kappa shape index (κ1) is 14.6. The number of oxazole rings is 1. The summed E-state index contributed by atoms with van der Waals surface area (Å²) in [5, 5.41) is 3.44. The van der Waals surface area contributed by atoms with Gasteiger partial charge in [0, 0.05) is 24.9 Å². The molecule has 0 aliphatic rings. The van der Waals surface area contributed by atoms with E-state index in [1.54, 1.807) is 12.3 Å². The Morgan fingerprint density at radius 1 is 1.40 bits per heavy atom. The molecule has 0 aliphatic heterocycles. The highest BCUT2D eigenvalue weighted by Gasteiger charge is 2.10. The van der Waals surface area contributed by atoms with Gasteiger partial charge in [-0.1, -0.05) is 30.7 Å². The summed E-state index contributed by atoms with van der Waals surface area (Å²) >= 11 is 6.10. The Morgan fingerprint density at radius 3 is 2.95 bits per heavy atom. The Bertz CT molecular complexity index is 581. The van der Waals surface area contributed by atoms with Crippen molar-refractivity contribution in [1.82, 2.24) is 10.3 Å². The van der Waals surface area contributed by atoms with E-state index in [1.165, 1.54) is 0 Å². The van der Waals surface area contributed by atoms with E-state index in [4.69, 9.17) is 16.0 Å². The number of amides is 1. The summed E-state index contributed by atoms with van der Waals surface area (Å²) in [6.07, 6.45) is 3.43. The van der Waals surface area contributed by atoms with Gasteiger partial charge < -0.3 is 9.73 Å². The molecule has 0 atom stereocenters. The van der Waals surface area contributed by atoms with E-state index in [1.807, 2.05) is 25.1 Å². The van der Waals surface area contributed by atoms with E-state index in [0.29, 0.717) is 36.1 Å². The van der Waals surface area contributed by atoms with Crippen LogP contribution in [-0.2, 0) is 11.2 Å². The van der Waals surface area contributed by atoms with Gasteiger partial charge in [-0.3, -0.25) is 4.79 Å². The summed E-state index contributed by atoms with van der Waals surface area (Å²) < 4.78 is 5.63. The number of hydrogen-bond acceptors (Lipinski definition) is 3. The molecule has 0 saturated carbocycles. The third-order valence-electron chi connectivity index (χ3n) is 2.83. The van der Waals surface area contributed by atoms with Crippen molar-refractivity contribution in [2.45, 2.75) is 26.2 Å². The molecule has 1 heterocycles. The van der Waals surface area contributed by atoms with Crippen molar-refractivity contribution in [3.05, 3.63) is 41.4 Å². The van der Waals surface area contributed by atoms with E-state index in [0.717, 1.165) is 12.0 Å². The molecule has 0 radical (unpaired) electrons. The number of carbonyl (C=O) groups is 1. The van der Waals surface area contributed by atoms with Gasteiger partial charge in [-0.25, -0.2) is 4.98 Å². The summed E-state index contributed by atoms with van der Waals surface area (Å²) in [6, 6.07) is 7.43. The maximum atomic E-state index is 11.5. The minimum absolute atomic E-state index is 0.0179. The summed E-state index contributed by atoms with van der Waals surface area (Å²) in [5.74, 6) is 1.19. The largest absolute Gasteiger partial charge is 0.441 e. The van der Waals surface area contributed by atoms with Crippen molar-refractivity contribution in [3.63, 3.8) is 0 Å². The van der Waals surface area contributed by atoms with Crippen molar-refractivity contribution >= 4 is 17.5 Å². The fourth-order valence-corrected chi connectivity index (χ4v) is 2.01. The molecule has 0 spiro atoms. The summed E-state index contributed by atoms with van der Waals surface area (Å²) in [4.78, 5) is 15.7. The normalized spacial score (nSPS) is 10.5. The molecule has 106 valence electrons. The second-order valence-corrected chi connectivity index (χ2v) is 4.86. The highest BCUT2D eigenvalue weighted by molar-refractivity contribution is 6.33. The predicted octanol–water partition coefficient (Wildman–Crippen LogP) is 3.45. The SMILES string of the molecule is CCCNC(=O)CCc1ncc(-c2ccccc2Cl)o1. The van der Waals surface area contributed by atoms with E-state index in [2.05, 4.69) is 10.3 Å². The molecule has 4 nitrogen and oxygen atoms in total.